The molecule has 0 aromatic rings. The van der Waals surface area contributed by atoms with Crippen LogP contribution in [0, 0.1) is 11.3 Å². The Kier molecular flexibility index (Phi) is 6.64. The van der Waals surface area contributed by atoms with Crippen molar-refractivity contribution in [1.82, 2.24) is 0 Å². The van der Waals surface area contributed by atoms with Crippen LogP contribution in [0.3, 0.4) is 0 Å². The molecule has 14 heavy (non-hydrogen) atoms. The van der Waals surface area contributed by atoms with Gasteiger partial charge in [0.2, 0.25) is 0 Å². The van der Waals surface area contributed by atoms with Gasteiger partial charge in [-0.05, 0) is 0 Å². The third-order valence-electron chi connectivity index (χ3n) is 1.36. The molecule has 0 rings (SSSR count). The molecule has 0 heterocycles. The zero-order chi connectivity index (χ0) is 11.2. The SMILES string of the molecule is CC(C)O[PH](Cl)(CCC#N)OC(C)C. The molecule has 0 aliphatic heterocycles. The fourth-order valence-corrected chi connectivity index (χ4v) is 4.52. The van der Waals surface area contributed by atoms with Gasteiger partial charge in [-0.1, -0.05) is 0 Å². The molecule has 0 bridgehead atoms. The van der Waals surface area contributed by atoms with E-state index in [9.17, 15) is 0 Å². The number of nitriles is 1. The van der Waals surface area contributed by atoms with E-state index in [0.29, 0.717) is 12.6 Å². The molecule has 0 aromatic heterocycles. The third kappa shape index (κ3) is 6.56. The number of hydrogen-bond acceptors (Lipinski definition) is 3. The van der Waals surface area contributed by atoms with Crippen molar-refractivity contribution in [3.8, 4) is 6.07 Å². The average molecular weight is 240 g/mol. The van der Waals surface area contributed by atoms with Gasteiger partial charge in [-0.15, -0.1) is 0 Å². The van der Waals surface area contributed by atoms with Gasteiger partial charge in [0, 0.05) is 0 Å². The van der Waals surface area contributed by atoms with Gasteiger partial charge in [0.05, 0.1) is 0 Å². The van der Waals surface area contributed by atoms with Gasteiger partial charge in [-0.3, -0.25) is 0 Å². The summed E-state index contributed by atoms with van der Waals surface area (Å²) in [5.74, 6) is 0. The fourth-order valence-electron chi connectivity index (χ4n) is 1.05. The summed E-state index contributed by atoms with van der Waals surface area (Å²) in [6, 6.07) is 2.06. The van der Waals surface area contributed by atoms with Gasteiger partial charge < -0.3 is 0 Å². The van der Waals surface area contributed by atoms with Gasteiger partial charge in [-0.2, -0.15) is 0 Å². The van der Waals surface area contributed by atoms with E-state index in [1.807, 2.05) is 27.7 Å². The molecule has 84 valence electrons. The molecule has 0 saturated carbocycles. The molecular weight excluding hydrogens is 221 g/mol. The number of halogens is 1. The zero-order valence-corrected chi connectivity index (χ0v) is 11.0. The molecule has 0 aliphatic rings. The Labute approximate surface area is 91.6 Å². The van der Waals surface area contributed by atoms with Crippen LogP contribution < -0.4 is 0 Å². The predicted molar refractivity (Wildman–Crippen MR) is 61.7 cm³/mol. The fraction of sp³-hybridized carbons (Fsp3) is 0.889. The maximum absolute atomic E-state index is 8.50. The maximum atomic E-state index is 8.50. The first kappa shape index (κ1) is 14.1. The molecule has 0 saturated heterocycles. The number of rotatable bonds is 6. The van der Waals surface area contributed by atoms with E-state index in [-0.39, 0.29) is 12.2 Å². The summed E-state index contributed by atoms with van der Waals surface area (Å²) < 4.78 is 11.2. The van der Waals surface area contributed by atoms with Crippen LogP contribution in [0.15, 0.2) is 0 Å². The van der Waals surface area contributed by atoms with Gasteiger partial charge in [0.15, 0.2) is 0 Å². The molecular formula is C9H19ClNO2P. The summed E-state index contributed by atoms with van der Waals surface area (Å²) in [5.41, 5.74) is 0. The van der Waals surface area contributed by atoms with Crippen molar-refractivity contribution in [1.29, 1.82) is 5.26 Å². The Morgan fingerprint density at radius 3 is 1.93 bits per heavy atom. The molecule has 0 amide bonds. The van der Waals surface area contributed by atoms with Crippen molar-refractivity contribution in [2.24, 2.45) is 0 Å². The van der Waals surface area contributed by atoms with Gasteiger partial charge in [0.1, 0.15) is 0 Å². The van der Waals surface area contributed by atoms with Gasteiger partial charge in [0.25, 0.3) is 0 Å². The van der Waals surface area contributed by atoms with Crippen LogP contribution in [0.2, 0.25) is 0 Å². The van der Waals surface area contributed by atoms with E-state index < -0.39 is 7.07 Å². The van der Waals surface area contributed by atoms with Crippen LogP contribution in [0.1, 0.15) is 34.1 Å². The molecule has 3 nitrogen and oxygen atoms in total. The van der Waals surface area contributed by atoms with Crippen LogP contribution in [0.4, 0.5) is 0 Å². The molecule has 0 atom stereocenters. The topological polar surface area (TPSA) is 42.2 Å². The predicted octanol–water partition coefficient (Wildman–Crippen LogP) is 3.48. The Bertz CT molecular complexity index is 193. The summed E-state index contributed by atoms with van der Waals surface area (Å²) >= 11 is 6.25. The summed E-state index contributed by atoms with van der Waals surface area (Å²) in [5, 5.41) is 8.50. The molecule has 0 aliphatic carbocycles. The van der Waals surface area contributed by atoms with E-state index in [4.69, 9.17) is 25.6 Å². The normalized spacial score (nSPS) is 13.3. The van der Waals surface area contributed by atoms with Crippen molar-refractivity contribution in [3.05, 3.63) is 0 Å². The summed E-state index contributed by atoms with van der Waals surface area (Å²) in [6.45, 7) is 7.67. The average Bonchev–Trinajstić information content (AvgIpc) is 1.97. The van der Waals surface area contributed by atoms with Gasteiger partial charge >= 0.3 is 91.2 Å². The molecule has 0 aromatic carbocycles. The second-order valence-corrected chi connectivity index (χ2v) is 7.67. The summed E-state index contributed by atoms with van der Waals surface area (Å²) in [4.78, 5) is 0. The monoisotopic (exact) mass is 239 g/mol. The molecule has 0 N–H and O–H groups in total. The van der Waals surface area contributed by atoms with Crippen LogP contribution in [0.5, 0.6) is 0 Å². The standard InChI is InChI=1S/C9H19ClNO2P/c1-8(2)12-14(10,7-5-6-11)13-9(3)4/h8-9,14H,5,7H2,1-4H3. The second kappa shape index (κ2) is 6.58. The number of hydrogen-bond donors (Lipinski definition) is 0. The molecule has 0 fully saturated rings. The number of nitrogens with zero attached hydrogens (tertiary/aromatic N) is 1. The van der Waals surface area contributed by atoms with Crippen molar-refractivity contribution in [2.45, 2.75) is 46.3 Å². The Morgan fingerprint density at radius 1 is 1.21 bits per heavy atom. The summed E-state index contributed by atoms with van der Waals surface area (Å²) in [7, 11) is -2.65. The van der Waals surface area contributed by atoms with Gasteiger partial charge in [-0.25, -0.2) is 0 Å². The second-order valence-electron chi connectivity index (χ2n) is 3.65. The molecule has 0 spiro atoms. The third-order valence-corrected chi connectivity index (χ3v) is 4.95. The first-order valence-electron chi connectivity index (χ1n) is 4.81. The van der Waals surface area contributed by atoms with Crippen molar-refractivity contribution in [3.63, 3.8) is 0 Å². The summed E-state index contributed by atoms with van der Waals surface area (Å²) in [6.07, 6.45) is 0.976. The quantitative estimate of drug-likeness (QED) is 0.667. The molecule has 0 unspecified atom stereocenters. The van der Waals surface area contributed by atoms with Crippen LogP contribution >= 0.6 is 18.3 Å². The van der Waals surface area contributed by atoms with Crippen LogP contribution in [-0.2, 0) is 9.05 Å². The van der Waals surface area contributed by atoms with E-state index in [1.54, 1.807) is 0 Å². The van der Waals surface area contributed by atoms with Crippen molar-refractivity contribution >= 4 is 18.3 Å². The van der Waals surface area contributed by atoms with E-state index in [1.165, 1.54) is 0 Å². The van der Waals surface area contributed by atoms with Crippen molar-refractivity contribution < 1.29 is 9.05 Å². The van der Waals surface area contributed by atoms with E-state index >= 15 is 0 Å². The Balaban J connectivity index is 4.26. The minimum absolute atomic E-state index is 0.0385. The van der Waals surface area contributed by atoms with E-state index in [0.717, 1.165) is 0 Å². The molecule has 5 heteroatoms. The molecule has 0 radical (unpaired) electrons. The first-order chi connectivity index (χ1) is 6.39. The van der Waals surface area contributed by atoms with E-state index in [2.05, 4.69) is 6.07 Å². The zero-order valence-electron chi connectivity index (χ0n) is 9.21. The van der Waals surface area contributed by atoms with Crippen molar-refractivity contribution in [2.75, 3.05) is 6.16 Å². The minimum atomic E-state index is -2.65. The van der Waals surface area contributed by atoms with Crippen LogP contribution in [-0.4, -0.2) is 18.4 Å². The van der Waals surface area contributed by atoms with Crippen LogP contribution in [0.25, 0.3) is 0 Å². The Morgan fingerprint density at radius 2 is 1.64 bits per heavy atom. The Hall–Kier alpha value is 0.130. The first-order valence-corrected chi connectivity index (χ1v) is 7.84.